The minimum absolute atomic E-state index is 0.163. The third-order valence-corrected chi connectivity index (χ3v) is 3.27. The number of nitrogens with one attached hydrogen (secondary N) is 2. The fraction of sp³-hybridized carbons (Fsp3) is 0.308. The van der Waals surface area contributed by atoms with Crippen molar-refractivity contribution in [2.24, 2.45) is 0 Å². The van der Waals surface area contributed by atoms with E-state index in [-0.39, 0.29) is 28.1 Å². The van der Waals surface area contributed by atoms with Crippen LogP contribution in [0.1, 0.15) is 23.2 Å². The maximum atomic E-state index is 11.9. The summed E-state index contributed by atoms with van der Waals surface area (Å²) in [4.78, 5) is 22.8. The molecule has 0 aliphatic rings. The molecule has 0 unspecified atom stereocenters. The number of ether oxygens (including phenoxy) is 1. The lowest BCUT2D eigenvalue weighted by molar-refractivity contribution is -0.140. The molecule has 0 aromatic heterocycles. The molecule has 0 saturated heterocycles. The van der Waals surface area contributed by atoms with Gasteiger partial charge in [0, 0.05) is 18.0 Å². The molecule has 0 atom stereocenters. The maximum Gasteiger partial charge on any atom is 0.305 e. The van der Waals surface area contributed by atoms with Crippen molar-refractivity contribution in [2.45, 2.75) is 12.8 Å². The standard InChI is InChI=1S/C13H14Cl2N2O3S/c1-20-11(18)3-2-6-16-13(21)17-12(19)9-5-4-8(14)7-10(9)15/h4-5,7H,2-3,6H2,1H3,(H2,16,17,19,21). The molecule has 8 heteroatoms. The molecule has 1 aromatic carbocycles. The molecule has 1 aromatic rings. The monoisotopic (exact) mass is 348 g/mol. The third-order valence-electron chi connectivity index (χ3n) is 2.47. The highest BCUT2D eigenvalue weighted by Crippen LogP contribution is 2.20. The van der Waals surface area contributed by atoms with Gasteiger partial charge in [0.2, 0.25) is 0 Å². The average molecular weight is 349 g/mol. The van der Waals surface area contributed by atoms with E-state index in [1.54, 1.807) is 6.07 Å². The second kappa shape index (κ2) is 8.81. The molecule has 1 amide bonds. The van der Waals surface area contributed by atoms with E-state index in [0.717, 1.165) is 0 Å². The van der Waals surface area contributed by atoms with Crippen molar-refractivity contribution >= 4 is 52.4 Å². The predicted molar refractivity (Wildman–Crippen MR) is 85.8 cm³/mol. The van der Waals surface area contributed by atoms with Crippen LogP contribution in [0.4, 0.5) is 0 Å². The van der Waals surface area contributed by atoms with Crippen LogP contribution < -0.4 is 10.6 Å². The van der Waals surface area contributed by atoms with Crippen LogP contribution in [0.25, 0.3) is 0 Å². The number of hydrogen-bond donors (Lipinski definition) is 2. The molecule has 0 fully saturated rings. The van der Waals surface area contributed by atoms with Crippen molar-refractivity contribution in [2.75, 3.05) is 13.7 Å². The number of esters is 1. The van der Waals surface area contributed by atoms with Gasteiger partial charge in [-0.25, -0.2) is 0 Å². The summed E-state index contributed by atoms with van der Waals surface area (Å²) >= 11 is 16.7. The zero-order chi connectivity index (χ0) is 15.8. The minimum atomic E-state index is -0.429. The van der Waals surface area contributed by atoms with Gasteiger partial charge < -0.3 is 10.1 Å². The van der Waals surface area contributed by atoms with E-state index in [4.69, 9.17) is 35.4 Å². The summed E-state index contributed by atoms with van der Waals surface area (Å²) in [5.74, 6) is -0.721. The lowest BCUT2D eigenvalue weighted by Gasteiger charge is -2.10. The number of thiocarbonyl (C=S) groups is 1. The Morgan fingerprint density at radius 2 is 2.05 bits per heavy atom. The summed E-state index contributed by atoms with van der Waals surface area (Å²) in [7, 11) is 1.33. The van der Waals surface area contributed by atoms with E-state index in [0.29, 0.717) is 18.0 Å². The Hall–Kier alpha value is -1.37. The lowest BCUT2D eigenvalue weighted by atomic mass is 10.2. The molecule has 0 heterocycles. The van der Waals surface area contributed by atoms with Gasteiger partial charge in [-0.3, -0.25) is 14.9 Å². The molecule has 0 aliphatic heterocycles. The van der Waals surface area contributed by atoms with Gasteiger partial charge in [-0.05, 0) is 36.8 Å². The van der Waals surface area contributed by atoms with Crippen molar-refractivity contribution in [3.05, 3.63) is 33.8 Å². The number of rotatable bonds is 5. The van der Waals surface area contributed by atoms with Crippen LogP contribution in [-0.4, -0.2) is 30.6 Å². The van der Waals surface area contributed by atoms with Crippen LogP contribution in [0.2, 0.25) is 10.0 Å². The van der Waals surface area contributed by atoms with Crippen molar-refractivity contribution in [1.29, 1.82) is 0 Å². The maximum absolute atomic E-state index is 11.9. The largest absolute Gasteiger partial charge is 0.469 e. The highest BCUT2D eigenvalue weighted by molar-refractivity contribution is 7.80. The number of halogens is 2. The number of carbonyl (C=O) groups is 2. The number of amides is 1. The van der Waals surface area contributed by atoms with Gasteiger partial charge in [0.25, 0.3) is 5.91 Å². The Bertz CT molecular complexity index is 552. The molecule has 0 saturated carbocycles. The van der Waals surface area contributed by atoms with Gasteiger partial charge in [0.05, 0.1) is 17.7 Å². The molecular formula is C13H14Cl2N2O3S. The molecule has 1 rings (SSSR count). The summed E-state index contributed by atoms with van der Waals surface area (Å²) in [6, 6.07) is 4.56. The fourth-order valence-corrected chi connectivity index (χ4v) is 2.11. The molecule has 0 spiro atoms. The van der Waals surface area contributed by atoms with E-state index in [1.807, 2.05) is 0 Å². The van der Waals surface area contributed by atoms with Gasteiger partial charge >= 0.3 is 5.97 Å². The van der Waals surface area contributed by atoms with Crippen molar-refractivity contribution in [1.82, 2.24) is 10.6 Å². The third kappa shape index (κ3) is 6.29. The molecule has 114 valence electrons. The van der Waals surface area contributed by atoms with Crippen LogP contribution in [0.5, 0.6) is 0 Å². The highest BCUT2D eigenvalue weighted by atomic mass is 35.5. The summed E-state index contributed by atoms with van der Waals surface area (Å²) in [6.07, 6.45) is 0.827. The van der Waals surface area contributed by atoms with E-state index >= 15 is 0 Å². The highest BCUT2D eigenvalue weighted by Gasteiger charge is 2.12. The first kappa shape index (κ1) is 17.7. The second-order valence-corrected chi connectivity index (χ2v) is 5.27. The summed E-state index contributed by atoms with van der Waals surface area (Å²) in [6.45, 7) is 0.447. The summed E-state index contributed by atoms with van der Waals surface area (Å²) in [5.41, 5.74) is 0.278. The first-order valence-electron chi connectivity index (χ1n) is 6.05. The Balaban J connectivity index is 2.40. The Kier molecular flexibility index (Phi) is 7.42. The van der Waals surface area contributed by atoms with E-state index in [1.165, 1.54) is 19.2 Å². The fourth-order valence-electron chi connectivity index (χ4n) is 1.42. The quantitative estimate of drug-likeness (QED) is 0.486. The number of carbonyl (C=O) groups excluding carboxylic acids is 2. The smallest absolute Gasteiger partial charge is 0.305 e. The Morgan fingerprint density at radius 1 is 1.33 bits per heavy atom. The Labute approximate surface area is 137 Å². The predicted octanol–water partition coefficient (Wildman–Crippen LogP) is 2.55. The first-order chi connectivity index (χ1) is 9.93. The number of methoxy groups -OCH3 is 1. The van der Waals surface area contributed by atoms with Crippen molar-refractivity contribution < 1.29 is 14.3 Å². The normalized spacial score (nSPS) is 9.86. The molecule has 2 N–H and O–H groups in total. The second-order valence-electron chi connectivity index (χ2n) is 4.01. The number of benzene rings is 1. The van der Waals surface area contributed by atoms with Crippen LogP contribution in [0.3, 0.4) is 0 Å². The number of hydrogen-bond acceptors (Lipinski definition) is 4. The molecule has 21 heavy (non-hydrogen) atoms. The van der Waals surface area contributed by atoms with Gasteiger partial charge in [0.1, 0.15) is 0 Å². The van der Waals surface area contributed by atoms with Crippen LogP contribution in [0, 0.1) is 0 Å². The van der Waals surface area contributed by atoms with Gasteiger partial charge in [-0.2, -0.15) is 0 Å². The van der Waals surface area contributed by atoms with Crippen LogP contribution >= 0.6 is 35.4 Å². The topological polar surface area (TPSA) is 67.4 Å². The lowest BCUT2D eigenvalue weighted by Crippen LogP contribution is -2.39. The Morgan fingerprint density at radius 3 is 2.67 bits per heavy atom. The minimum Gasteiger partial charge on any atom is -0.469 e. The van der Waals surface area contributed by atoms with E-state index in [9.17, 15) is 9.59 Å². The van der Waals surface area contributed by atoms with E-state index in [2.05, 4.69) is 15.4 Å². The molecule has 0 bridgehead atoms. The van der Waals surface area contributed by atoms with Crippen LogP contribution in [0.15, 0.2) is 18.2 Å². The SMILES string of the molecule is COC(=O)CCCNC(=S)NC(=O)c1ccc(Cl)cc1Cl. The van der Waals surface area contributed by atoms with E-state index < -0.39 is 5.91 Å². The summed E-state index contributed by atoms with van der Waals surface area (Å²) in [5, 5.41) is 6.16. The van der Waals surface area contributed by atoms with Gasteiger partial charge in [0.15, 0.2) is 5.11 Å². The summed E-state index contributed by atoms with van der Waals surface area (Å²) < 4.78 is 4.51. The zero-order valence-electron chi connectivity index (χ0n) is 11.2. The molecule has 0 aliphatic carbocycles. The zero-order valence-corrected chi connectivity index (χ0v) is 13.6. The van der Waals surface area contributed by atoms with Crippen molar-refractivity contribution in [3.63, 3.8) is 0 Å². The van der Waals surface area contributed by atoms with Gasteiger partial charge in [-0.15, -0.1) is 0 Å². The molecule has 5 nitrogen and oxygen atoms in total. The molecule has 0 radical (unpaired) electrons. The molecular weight excluding hydrogens is 335 g/mol. The van der Waals surface area contributed by atoms with Crippen molar-refractivity contribution in [3.8, 4) is 0 Å². The van der Waals surface area contributed by atoms with Crippen LogP contribution in [-0.2, 0) is 9.53 Å². The first-order valence-corrected chi connectivity index (χ1v) is 7.21. The van der Waals surface area contributed by atoms with Gasteiger partial charge in [-0.1, -0.05) is 23.2 Å². The average Bonchev–Trinajstić information content (AvgIpc) is 2.43.